The molecule has 7 nitrogen and oxygen atoms in total. The number of nitrogens with two attached hydrogens (primary N) is 1. The predicted octanol–water partition coefficient (Wildman–Crippen LogP) is -0.821. The summed E-state index contributed by atoms with van der Waals surface area (Å²) >= 11 is 0. The molecule has 2 rings (SSSR count). The van der Waals surface area contributed by atoms with Crippen molar-refractivity contribution in [1.29, 1.82) is 0 Å². The number of nitrogens with zero attached hydrogens (tertiary/aromatic N) is 3. The van der Waals surface area contributed by atoms with E-state index in [4.69, 9.17) is 5.73 Å². The zero-order valence-electron chi connectivity index (χ0n) is 10.1. The standard InChI is InChI=1S/C10H17N5O2/c1-13-9-8(10(17)14(13)2)15(6-12-9)5-3-4-7(11)16/h12H,3-6H2,1-2H3,(H2,11,16). The van der Waals surface area contributed by atoms with Gasteiger partial charge in [0.05, 0.1) is 6.67 Å². The Morgan fingerprint density at radius 2 is 2.12 bits per heavy atom. The van der Waals surface area contributed by atoms with E-state index in [1.807, 2.05) is 11.9 Å². The van der Waals surface area contributed by atoms with Crippen LogP contribution < -0.4 is 21.5 Å². The first-order valence-corrected chi connectivity index (χ1v) is 5.55. The molecule has 1 aliphatic rings. The normalized spacial score (nSPS) is 13.6. The van der Waals surface area contributed by atoms with Crippen molar-refractivity contribution in [2.24, 2.45) is 19.8 Å². The van der Waals surface area contributed by atoms with Gasteiger partial charge >= 0.3 is 0 Å². The monoisotopic (exact) mass is 239 g/mol. The fourth-order valence-electron chi connectivity index (χ4n) is 2.06. The van der Waals surface area contributed by atoms with E-state index in [-0.39, 0.29) is 11.5 Å². The summed E-state index contributed by atoms with van der Waals surface area (Å²) in [4.78, 5) is 24.6. The van der Waals surface area contributed by atoms with Crippen LogP contribution in [0.1, 0.15) is 12.8 Å². The maximum absolute atomic E-state index is 12.0. The molecule has 0 aliphatic carbocycles. The summed E-state index contributed by atoms with van der Waals surface area (Å²) in [6, 6.07) is 0. The molecule has 0 fully saturated rings. The van der Waals surface area contributed by atoms with Gasteiger partial charge in [-0.25, -0.2) is 0 Å². The molecule has 3 N–H and O–H groups in total. The van der Waals surface area contributed by atoms with Crippen molar-refractivity contribution >= 4 is 17.4 Å². The van der Waals surface area contributed by atoms with Crippen LogP contribution in [0.4, 0.5) is 11.5 Å². The Hall–Kier alpha value is -1.92. The molecule has 1 amide bonds. The van der Waals surface area contributed by atoms with E-state index < -0.39 is 0 Å². The zero-order chi connectivity index (χ0) is 12.6. The van der Waals surface area contributed by atoms with Crippen molar-refractivity contribution in [2.75, 3.05) is 23.4 Å². The Balaban J connectivity index is 2.14. The molecule has 2 heterocycles. The maximum Gasteiger partial charge on any atom is 0.292 e. The molecule has 1 aromatic heterocycles. The molecule has 0 atom stereocenters. The number of amides is 1. The van der Waals surface area contributed by atoms with E-state index in [1.54, 1.807) is 16.4 Å². The van der Waals surface area contributed by atoms with Gasteiger partial charge in [-0.05, 0) is 6.42 Å². The van der Waals surface area contributed by atoms with Crippen molar-refractivity contribution in [1.82, 2.24) is 9.36 Å². The minimum absolute atomic E-state index is 0.0217. The second-order valence-electron chi connectivity index (χ2n) is 4.22. The Kier molecular flexibility index (Phi) is 2.83. The van der Waals surface area contributed by atoms with Crippen molar-refractivity contribution in [3.05, 3.63) is 10.4 Å². The number of rotatable bonds is 4. The van der Waals surface area contributed by atoms with Crippen LogP contribution in [0.5, 0.6) is 0 Å². The fourth-order valence-corrected chi connectivity index (χ4v) is 2.06. The third kappa shape index (κ3) is 1.88. The zero-order valence-corrected chi connectivity index (χ0v) is 10.1. The van der Waals surface area contributed by atoms with Crippen LogP contribution in [0.15, 0.2) is 4.79 Å². The lowest BCUT2D eigenvalue weighted by molar-refractivity contribution is -0.118. The number of carbonyl (C=O) groups excluding carboxylic acids is 1. The average Bonchev–Trinajstić information content (AvgIpc) is 2.77. The van der Waals surface area contributed by atoms with E-state index >= 15 is 0 Å². The summed E-state index contributed by atoms with van der Waals surface area (Å²) in [6.45, 7) is 1.26. The first-order chi connectivity index (χ1) is 8.02. The first kappa shape index (κ1) is 11.6. The number of primary amides is 1. The Bertz CT molecular complexity index is 502. The van der Waals surface area contributed by atoms with Crippen molar-refractivity contribution in [2.45, 2.75) is 12.8 Å². The molecule has 1 aromatic rings. The van der Waals surface area contributed by atoms with Gasteiger partial charge in [-0.2, -0.15) is 0 Å². The van der Waals surface area contributed by atoms with Crippen molar-refractivity contribution < 1.29 is 4.79 Å². The summed E-state index contributed by atoms with van der Waals surface area (Å²) in [5, 5.41) is 3.17. The minimum atomic E-state index is -0.307. The van der Waals surface area contributed by atoms with Crippen LogP contribution in [0, 0.1) is 0 Å². The van der Waals surface area contributed by atoms with Gasteiger partial charge < -0.3 is 16.0 Å². The number of fused-ring (bicyclic) bond motifs is 1. The Morgan fingerprint density at radius 3 is 2.76 bits per heavy atom. The highest BCUT2D eigenvalue weighted by Gasteiger charge is 2.26. The lowest BCUT2D eigenvalue weighted by Crippen LogP contribution is -2.31. The highest BCUT2D eigenvalue weighted by Crippen LogP contribution is 2.27. The third-order valence-corrected chi connectivity index (χ3v) is 3.10. The molecule has 0 aromatic carbocycles. The number of anilines is 2. The average molecular weight is 239 g/mol. The van der Waals surface area contributed by atoms with Crippen LogP contribution >= 0.6 is 0 Å². The second-order valence-corrected chi connectivity index (χ2v) is 4.22. The molecular formula is C10H17N5O2. The molecule has 0 saturated heterocycles. The van der Waals surface area contributed by atoms with E-state index in [0.29, 0.717) is 31.7 Å². The molecule has 17 heavy (non-hydrogen) atoms. The topological polar surface area (TPSA) is 85.3 Å². The summed E-state index contributed by atoms with van der Waals surface area (Å²) in [5.41, 5.74) is 5.75. The summed E-state index contributed by atoms with van der Waals surface area (Å²) < 4.78 is 3.34. The van der Waals surface area contributed by atoms with Gasteiger partial charge in [0, 0.05) is 27.1 Å². The van der Waals surface area contributed by atoms with Gasteiger partial charge in [-0.1, -0.05) is 0 Å². The number of hydrogen-bond acceptors (Lipinski definition) is 4. The van der Waals surface area contributed by atoms with Crippen molar-refractivity contribution in [3.63, 3.8) is 0 Å². The van der Waals surface area contributed by atoms with Crippen molar-refractivity contribution in [3.8, 4) is 0 Å². The Morgan fingerprint density at radius 1 is 1.41 bits per heavy atom. The highest BCUT2D eigenvalue weighted by atomic mass is 16.1. The fraction of sp³-hybridized carbons (Fsp3) is 0.600. The van der Waals surface area contributed by atoms with E-state index in [1.165, 1.54) is 0 Å². The lowest BCUT2D eigenvalue weighted by Gasteiger charge is -2.15. The number of nitrogens with one attached hydrogen (secondary N) is 1. The van der Waals surface area contributed by atoms with Crippen LogP contribution in [-0.4, -0.2) is 28.5 Å². The summed E-state index contributed by atoms with van der Waals surface area (Å²) in [7, 11) is 3.56. The van der Waals surface area contributed by atoms with E-state index in [2.05, 4.69) is 5.32 Å². The first-order valence-electron chi connectivity index (χ1n) is 5.55. The van der Waals surface area contributed by atoms with E-state index in [0.717, 1.165) is 5.82 Å². The minimum Gasteiger partial charge on any atom is -0.370 e. The second kappa shape index (κ2) is 4.15. The number of aromatic nitrogens is 2. The predicted molar refractivity (Wildman–Crippen MR) is 64.9 cm³/mol. The van der Waals surface area contributed by atoms with Crippen LogP contribution in [0.25, 0.3) is 0 Å². The molecule has 94 valence electrons. The summed E-state index contributed by atoms with van der Waals surface area (Å²) in [6.07, 6.45) is 1.01. The van der Waals surface area contributed by atoms with Crippen LogP contribution in [0.3, 0.4) is 0 Å². The van der Waals surface area contributed by atoms with Crippen LogP contribution in [0.2, 0.25) is 0 Å². The molecule has 0 saturated carbocycles. The molecule has 0 spiro atoms. The smallest absolute Gasteiger partial charge is 0.292 e. The highest BCUT2D eigenvalue weighted by molar-refractivity contribution is 5.74. The summed E-state index contributed by atoms with van der Waals surface area (Å²) in [5.74, 6) is 0.523. The van der Waals surface area contributed by atoms with Gasteiger partial charge in [-0.3, -0.25) is 19.0 Å². The SMILES string of the molecule is Cn1c2c(c(=O)n1C)N(CCCC(N)=O)CN2. The van der Waals surface area contributed by atoms with Gasteiger partial charge in [-0.15, -0.1) is 0 Å². The molecular weight excluding hydrogens is 222 g/mol. The maximum atomic E-state index is 12.0. The molecule has 7 heteroatoms. The quantitative estimate of drug-likeness (QED) is 0.719. The van der Waals surface area contributed by atoms with E-state index in [9.17, 15) is 9.59 Å². The molecule has 0 radical (unpaired) electrons. The van der Waals surface area contributed by atoms with Crippen LogP contribution in [-0.2, 0) is 18.9 Å². The molecule has 1 aliphatic heterocycles. The third-order valence-electron chi connectivity index (χ3n) is 3.10. The lowest BCUT2D eigenvalue weighted by atomic mass is 10.3. The largest absolute Gasteiger partial charge is 0.370 e. The van der Waals surface area contributed by atoms with Gasteiger partial charge in [0.2, 0.25) is 5.91 Å². The van der Waals surface area contributed by atoms with Gasteiger partial charge in [0.1, 0.15) is 5.69 Å². The molecule has 0 bridgehead atoms. The van der Waals surface area contributed by atoms with Gasteiger partial charge in [0.25, 0.3) is 5.56 Å². The Labute approximate surface area is 98.8 Å². The van der Waals surface area contributed by atoms with Gasteiger partial charge in [0.15, 0.2) is 5.82 Å². The molecule has 0 unspecified atom stereocenters. The number of carbonyl (C=O) groups is 1. The number of hydrogen-bond donors (Lipinski definition) is 2.